The molecule has 0 amide bonds. The summed E-state index contributed by atoms with van der Waals surface area (Å²) in [4.78, 5) is 11.1. The third kappa shape index (κ3) is 4.94. The number of aryl methyl sites for hydroxylation is 1. The fraction of sp³-hybridized carbons (Fsp3) is 0.812. The lowest BCUT2D eigenvalue weighted by atomic mass is 10.3. The SMILES string of the molecule is CCCNCc1sc(N(C)CCN2CCCC2)nc1CC. The normalized spacial score (nSPS) is 15.8. The number of hydrogen-bond donors (Lipinski definition) is 1. The van der Waals surface area contributed by atoms with Crippen molar-refractivity contribution in [3.8, 4) is 0 Å². The van der Waals surface area contributed by atoms with Crippen LogP contribution in [0.2, 0.25) is 0 Å². The van der Waals surface area contributed by atoms with Crippen molar-refractivity contribution in [1.82, 2.24) is 15.2 Å². The third-order valence-electron chi connectivity index (χ3n) is 4.09. The number of aromatic nitrogens is 1. The number of rotatable bonds is 9. The van der Waals surface area contributed by atoms with Crippen molar-refractivity contribution in [3.63, 3.8) is 0 Å². The number of nitrogens with zero attached hydrogens (tertiary/aromatic N) is 3. The third-order valence-corrected chi connectivity index (χ3v) is 5.30. The maximum absolute atomic E-state index is 4.84. The van der Waals surface area contributed by atoms with Crippen molar-refractivity contribution in [3.05, 3.63) is 10.6 Å². The van der Waals surface area contributed by atoms with Crippen LogP contribution in [-0.2, 0) is 13.0 Å². The maximum atomic E-state index is 4.84. The Bertz CT molecular complexity index is 412. The van der Waals surface area contributed by atoms with Gasteiger partial charge < -0.3 is 15.1 Å². The van der Waals surface area contributed by atoms with Crippen molar-refractivity contribution in [2.24, 2.45) is 0 Å². The number of likely N-dealkylation sites (N-methyl/N-ethyl adjacent to an activating group) is 1. The Labute approximate surface area is 133 Å². The van der Waals surface area contributed by atoms with E-state index < -0.39 is 0 Å². The van der Waals surface area contributed by atoms with Crippen LogP contribution in [0.5, 0.6) is 0 Å². The van der Waals surface area contributed by atoms with Gasteiger partial charge in [0.1, 0.15) is 0 Å². The van der Waals surface area contributed by atoms with E-state index in [1.807, 2.05) is 11.3 Å². The van der Waals surface area contributed by atoms with Gasteiger partial charge in [0.25, 0.3) is 0 Å². The molecule has 0 atom stereocenters. The van der Waals surface area contributed by atoms with Gasteiger partial charge in [0.2, 0.25) is 0 Å². The molecule has 120 valence electrons. The fourth-order valence-electron chi connectivity index (χ4n) is 2.72. The first kappa shape index (κ1) is 16.7. The predicted octanol–water partition coefficient (Wildman–Crippen LogP) is 2.74. The highest BCUT2D eigenvalue weighted by Crippen LogP contribution is 2.26. The topological polar surface area (TPSA) is 31.4 Å². The van der Waals surface area contributed by atoms with Gasteiger partial charge in [-0.2, -0.15) is 0 Å². The molecule has 1 saturated heterocycles. The maximum Gasteiger partial charge on any atom is 0.185 e. The highest BCUT2D eigenvalue weighted by molar-refractivity contribution is 7.15. The smallest absolute Gasteiger partial charge is 0.185 e. The van der Waals surface area contributed by atoms with Crippen LogP contribution in [0.1, 0.15) is 43.7 Å². The Balaban J connectivity index is 1.88. The summed E-state index contributed by atoms with van der Waals surface area (Å²) in [6.45, 7) is 11.3. The molecule has 1 aliphatic heterocycles. The van der Waals surface area contributed by atoms with Gasteiger partial charge in [0.05, 0.1) is 5.69 Å². The lowest BCUT2D eigenvalue weighted by molar-refractivity contribution is 0.346. The molecule has 0 radical (unpaired) electrons. The average Bonchev–Trinajstić information content (AvgIpc) is 3.14. The molecule has 0 spiro atoms. The zero-order chi connectivity index (χ0) is 15.1. The summed E-state index contributed by atoms with van der Waals surface area (Å²) >= 11 is 1.86. The number of thiazole rings is 1. The van der Waals surface area contributed by atoms with E-state index in [0.29, 0.717) is 0 Å². The molecule has 5 heteroatoms. The monoisotopic (exact) mass is 310 g/mol. The minimum atomic E-state index is 0.967. The van der Waals surface area contributed by atoms with E-state index in [-0.39, 0.29) is 0 Å². The molecule has 1 fully saturated rings. The van der Waals surface area contributed by atoms with Crippen LogP contribution < -0.4 is 10.2 Å². The molecule has 4 nitrogen and oxygen atoms in total. The summed E-state index contributed by atoms with van der Waals surface area (Å²) < 4.78 is 0. The molecule has 2 heterocycles. The highest BCUT2D eigenvalue weighted by Gasteiger charge is 2.15. The fourth-order valence-corrected chi connectivity index (χ4v) is 3.82. The van der Waals surface area contributed by atoms with Crippen LogP contribution in [-0.4, -0.2) is 49.7 Å². The lowest BCUT2D eigenvalue weighted by Crippen LogP contribution is -2.31. The highest BCUT2D eigenvalue weighted by atomic mass is 32.1. The average molecular weight is 311 g/mol. The van der Waals surface area contributed by atoms with E-state index >= 15 is 0 Å². The van der Waals surface area contributed by atoms with Crippen LogP contribution in [0, 0.1) is 0 Å². The van der Waals surface area contributed by atoms with Crippen molar-refractivity contribution in [2.75, 3.05) is 44.7 Å². The summed E-state index contributed by atoms with van der Waals surface area (Å²) in [7, 11) is 2.18. The molecule has 0 aromatic carbocycles. The standard InChI is InChI=1S/C16H30N4S/c1-4-8-17-13-15-14(5-2)18-16(21-15)19(3)11-12-20-9-6-7-10-20/h17H,4-13H2,1-3H3. The molecule has 0 aliphatic carbocycles. The Hall–Kier alpha value is -0.650. The second-order valence-electron chi connectivity index (χ2n) is 5.87. The van der Waals surface area contributed by atoms with E-state index in [1.54, 1.807) is 0 Å². The minimum Gasteiger partial charge on any atom is -0.350 e. The van der Waals surface area contributed by atoms with Gasteiger partial charge in [-0.1, -0.05) is 13.8 Å². The summed E-state index contributed by atoms with van der Waals surface area (Å²) in [5.74, 6) is 0. The van der Waals surface area contributed by atoms with Gasteiger partial charge >= 0.3 is 0 Å². The Morgan fingerprint density at radius 2 is 2.05 bits per heavy atom. The van der Waals surface area contributed by atoms with Gasteiger partial charge in [-0.15, -0.1) is 11.3 Å². The minimum absolute atomic E-state index is 0.967. The van der Waals surface area contributed by atoms with Crippen LogP contribution in [0.25, 0.3) is 0 Å². The lowest BCUT2D eigenvalue weighted by Gasteiger charge is -2.20. The van der Waals surface area contributed by atoms with Crippen molar-refractivity contribution >= 4 is 16.5 Å². The molecule has 0 bridgehead atoms. The zero-order valence-corrected chi connectivity index (χ0v) is 14.6. The summed E-state index contributed by atoms with van der Waals surface area (Å²) in [6.07, 6.45) is 4.95. The first-order valence-electron chi connectivity index (χ1n) is 8.37. The Morgan fingerprint density at radius 3 is 2.71 bits per heavy atom. The van der Waals surface area contributed by atoms with E-state index in [0.717, 1.165) is 26.1 Å². The van der Waals surface area contributed by atoms with Gasteiger partial charge in [0.15, 0.2) is 5.13 Å². The van der Waals surface area contributed by atoms with E-state index in [2.05, 4.69) is 36.0 Å². The molecule has 1 aromatic heterocycles. The number of anilines is 1. The predicted molar refractivity (Wildman–Crippen MR) is 92.4 cm³/mol. The zero-order valence-electron chi connectivity index (χ0n) is 13.8. The molecule has 21 heavy (non-hydrogen) atoms. The van der Waals surface area contributed by atoms with Gasteiger partial charge in [0, 0.05) is 31.6 Å². The first-order valence-corrected chi connectivity index (χ1v) is 9.19. The van der Waals surface area contributed by atoms with Gasteiger partial charge in [-0.25, -0.2) is 4.98 Å². The van der Waals surface area contributed by atoms with Crippen molar-refractivity contribution in [2.45, 2.75) is 46.1 Å². The first-order chi connectivity index (χ1) is 10.2. The summed E-state index contributed by atoms with van der Waals surface area (Å²) in [6, 6.07) is 0. The summed E-state index contributed by atoms with van der Waals surface area (Å²) in [5, 5.41) is 4.68. The largest absolute Gasteiger partial charge is 0.350 e. The Morgan fingerprint density at radius 1 is 1.29 bits per heavy atom. The molecular formula is C16H30N4S. The van der Waals surface area contributed by atoms with E-state index in [1.165, 1.54) is 54.6 Å². The molecule has 1 aliphatic rings. The molecule has 0 unspecified atom stereocenters. The quantitative estimate of drug-likeness (QED) is 0.711. The Kier molecular flexibility index (Phi) is 6.93. The van der Waals surface area contributed by atoms with Crippen LogP contribution in [0.4, 0.5) is 5.13 Å². The molecule has 1 aromatic rings. The van der Waals surface area contributed by atoms with Gasteiger partial charge in [-0.05, 0) is 45.3 Å². The van der Waals surface area contributed by atoms with Crippen LogP contribution in [0.3, 0.4) is 0 Å². The molecule has 0 saturated carbocycles. The number of likely N-dealkylation sites (tertiary alicyclic amines) is 1. The second kappa shape index (κ2) is 8.71. The van der Waals surface area contributed by atoms with Crippen molar-refractivity contribution in [1.29, 1.82) is 0 Å². The van der Waals surface area contributed by atoms with Crippen molar-refractivity contribution < 1.29 is 0 Å². The molecule has 2 rings (SSSR count). The number of hydrogen-bond acceptors (Lipinski definition) is 5. The van der Waals surface area contributed by atoms with Gasteiger partial charge in [-0.3, -0.25) is 0 Å². The van der Waals surface area contributed by atoms with Crippen LogP contribution in [0.15, 0.2) is 0 Å². The van der Waals surface area contributed by atoms with E-state index in [4.69, 9.17) is 4.98 Å². The summed E-state index contributed by atoms with van der Waals surface area (Å²) in [5.41, 5.74) is 1.27. The van der Waals surface area contributed by atoms with E-state index in [9.17, 15) is 0 Å². The van der Waals surface area contributed by atoms with Crippen LogP contribution >= 0.6 is 11.3 Å². The molecular weight excluding hydrogens is 280 g/mol. The second-order valence-corrected chi connectivity index (χ2v) is 6.93. The molecule has 1 N–H and O–H groups in total. The number of nitrogens with one attached hydrogen (secondary N) is 1.